The molecular formula is C31H39N7O2. The van der Waals surface area contributed by atoms with Crippen molar-refractivity contribution in [3.8, 4) is 11.1 Å². The summed E-state index contributed by atoms with van der Waals surface area (Å²) in [7, 11) is 4.26. The molecule has 9 nitrogen and oxygen atoms in total. The highest BCUT2D eigenvalue weighted by molar-refractivity contribution is 5.94. The molecule has 0 aliphatic carbocycles. The van der Waals surface area contributed by atoms with E-state index in [-0.39, 0.29) is 6.04 Å². The van der Waals surface area contributed by atoms with Crippen LogP contribution in [0.1, 0.15) is 23.1 Å². The second kappa shape index (κ2) is 11.5. The lowest BCUT2D eigenvalue weighted by molar-refractivity contribution is 0.0939. The summed E-state index contributed by atoms with van der Waals surface area (Å²) >= 11 is 0. The van der Waals surface area contributed by atoms with Gasteiger partial charge in [-0.3, -0.25) is 4.90 Å². The Kier molecular flexibility index (Phi) is 7.69. The summed E-state index contributed by atoms with van der Waals surface area (Å²) in [6.45, 7) is 12.0. The highest BCUT2D eigenvalue weighted by atomic mass is 16.5. The van der Waals surface area contributed by atoms with E-state index in [0.717, 1.165) is 91.1 Å². The van der Waals surface area contributed by atoms with Gasteiger partial charge in [-0.15, -0.1) is 0 Å². The molecule has 6 rings (SSSR count). The van der Waals surface area contributed by atoms with E-state index in [4.69, 9.17) is 19.2 Å². The van der Waals surface area contributed by atoms with Crippen molar-refractivity contribution in [1.82, 2.24) is 24.9 Å². The van der Waals surface area contributed by atoms with Crippen molar-refractivity contribution in [1.29, 1.82) is 0 Å². The predicted molar refractivity (Wildman–Crippen MR) is 159 cm³/mol. The minimum absolute atomic E-state index is 0.0755. The number of morpholine rings is 1. The highest BCUT2D eigenvalue weighted by Gasteiger charge is 2.29. The lowest BCUT2D eigenvalue weighted by Gasteiger charge is -2.39. The summed E-state index contributed by atoms with van der Waals surface area (Å²) in [6, 6.07) is 17.1. The Bertz CT molecular complexity index is 1430. The Labute approximate surface area is 236 Å². The Morgan fingerprint density at radius 2 is 1.75 bits per heavy atom. The molecule has 210 valence electrons. The topological polar surface area (TPSA) is 74.0 Å². The minimum atomic E-state index is 0.0755. The first-order valence-electron chi connectivity index (χ1n) is 14.2. The number of nitrogens with zero attached hydrogens (tertiary/aromatic N) is 7. The van der Waals surface area contributed by atoms with Crippen LogP contribution in [0.4, 0.5) is 11.8 Å². The molecule has 2 aromatic carbocycles. The van der Waals surface area contributed by atoms with Crippen LogP contribution in [0, 0.1) is 13.8 Å². The molecule has 0 amide bonds. The molecule has 4 aromatic rings. The third-order valence-corrected chi connectivity index (χ3v) is 8.09. The van der Waals surface area contributed by atoms with Gasteiger partial charge in [-0.25, -0.2) is 4.98 Å². The molecule has 0 spiro atoms. The molecule has 2 aromatic heterocycles. The molecule has 0 bridgehead atoms. The van der Waals surface area contributed by atoms with Gasteiger partial charge in [-0.2, -0.15) is 4.98 Å². The Hall–Kier alpha value is -3.53. The minimum Gasteiger partial charge on any atom is -0.377 e. The molecule has 4 heterocycles. The van der Waals surface area contributed by atoms with Gasteiger partial charge in [-0.05, 0) is 51.2 Å². The average Bonchev–Trinajstić information content (AvgIpc) is 3.33. The average molecular weight is 542 g/mol. The van der Waals surface area contributed by atoms with Crippen molar-refractivity contribution in [3.63, 3.8) is 0 Å². The molecule has 0 unspecified atom stereocenters. The molecule has 9 heteroatoms. The van der Waals surface area contributed by atoms with Crippen LogP contribution in [0.3, 0.4) is 0 Å². The molecular weight excluding hydrogens is 502 g/mol. The van der Waals surface area contributed by atoms with Crippen molar-refractivity contribution in [2.75, 3.05) is 82.9 Å². The number of hydrogen-bond donors (Lipinski definition) is 0. The molecule has 1 atom stereocenters. The number of aromatic nitrogens is 3. The van der Waals surface area contributed by atoms with E-state index in [9.17, 15) is 0 Å². The molecule has 2 aliphatic rings. The summed E-state index contributed by atoms with van der Waals surface area (Å²) in [5, 5.41) is 5.23. The zero-order valence-electron chi connectivity index (χ0n) is 24.0. The second-order valence-electron chi connectivity index (χ2n) is 11.1. The van der Waals surface area contributed by atoms with Gasteiger partial charge < -0.3 is 24.0 Å². The number of ether oxygens (including phenoxy) is 1. The van der Waals surface area contributed by atoms with Crippen LogP contribution >= 0.6 is 0 Å². The Morgan fingerprint density at radius 3 is 2.48 bits per heavy atom. The SMILES string of the molecule is Cc1noc(C)c1-c1ccc2nc(N3CCN(CCN(C)C)CC3)nc(N3CCOC[C@H]3c3ccccc3)c2c1. The quantitative estimate of drug-likeness (QED) is 0.343. The molecule has 2 saturated heterocycles. The maximum atomic E-state index is 5.99. The van der Waals surface area contributed by atoms with Gasteiger partial charge in [0.2, 0.25) is 5.95 Å². The lowest BCUT2D eigenvalue weighted by Crippen LogP contribution is -2.48. The maximum absolute atomic E-state index is 5.99. The molecule has 40 heavy (non-hydrogen) atoms. The van der Waals surface area contributed by atoms with E-state index in [1.807, 2.05) is 13.8 Å². The molecule has 2 aliphatic heterocycles. The summed E-state index contributed by atoms with van der Waals surface area (Å²) in [5.74, 6) is 2.58. The van der Waals surface area contributed by atoms with E-state index in [2.05, 4.69) is 87.4 Å². The van der Waals surface area contributed by atoms with Crippen molar-refractivity contribution in [2.45, 2.75) is 19.9 Å². The summed E-state index contributed by atoms with van der Waals surface area (Å²) in [5.41, 5.74) is 5.17. The summed E-state index contributed by atoms with van der Waals surface area (Å²) in [6.07, 6.45) is 0. The van der Waals surface area contributed by atoms with E-state index < -0.39 is 0 Å². The number of hydrogen-bond acceptors (Lipinski definition) is 9. The fraction of sp³-hybridized carbons (Fsp3) is 0.452. The summed E-state index contributed by atoms with van der Waals surface area (Å²) in [4.78, 5) is 19.9. The first-order valence-corrected chi connectivity index (χ1v) is 14.2. The van der Waals surface area contributed by atoms with Crippen LogP contribution < -0.4 is 9.80 Å². The van der Waals surface area contributed by atoms with Crippen LogP contribution in [0.25, 0.3) is 22.0 Å². The summed E-state index contributed by atoms with van der Waals surface area (Å²) < 4.78 is 11.5. The number of piperazine rings is 1. The van der Waals surface area contributed by atoms with Gasteiger partial charge in [0, 0.05) is 56.8 Å². The van der Waals surface area contributed by atoms with Crippen molar-refractivity contribution >= 4 is 22.7 Å². The molecule has 2 fully saturated rings. The highest BCUT2D eigenvalue weighted by Crippen LogP contribution is 2.37. The molecule has 0 N–H and O–H groups in total. The zero-order valence-corrected chi connectivity index (χ0v) is 24.0. The lowest BCUT2D eigenvalue weighted by atomic mass is 10.0. The predicted octanol–water partition coefficient (Wildman–Crippen LogP) is 4.16. The first kappa shape index (κ1) is 26.7. The third-order valence-electron chi connectivity index (χ3n) is 8.09. The first-order chi connectivity index (χ1) is 19.5. The van der Waals surface area contributed by atoms with Gasteiger partial charge in [0.15, 0.2) is 0 Å². The van der Waals surface area contributed by atoms with Crippen LogP contribution in [0.5, 0.6) is 0 Å². The largest absolute Gasteiger partial charge is 0.377 e. The fourth-order valence-corrected chi connectivity index (χ4v) is 5.83. The van der Waals surface area contributed by atoms with E-state index in [1.165, 1.54) is 5.56 Å². The van der Waals surface area contributed by atoms with Gasteiger partial charge in [0.05, 0.1) is 30.5 Å². The number of anilines is 2. The third kappa shape index (κ3) is 5.41. The second-order valence-corrected chi connectivity index (χ2v) is 11.1. The van der Waals surface area contributed by atoms with Gasteiger partial charge in [0.1, 0.15) is 11.6 Å². The molecule has 0 saturated carbocycles. The van der Waals surface area contributed by atoms with Crippen molar-refractivity contribution in [3.05, 3.63) is 65.5 Å². The normalized spacial score (nSPS) is 18.7. The number of rotatable bonds is 7. The number of likely N-dealkylation sites (N-methyl/N-ethyl adjacent to an activating group) is 1. The molecule has 0 radical (unpaired) electrons. The van der Waals surface area contributed by atoms with E-state index in [0.29, 0.717) is 13.2 Å². The number of aryl methyl sites for hydroxylation is 2. The maximum Gasteiger partial charge on any atom is 0.227 e. The van der Waals surface area contributed by atoms with Crippen LogP contribution in [0.15, 0.2) is 53.1 Å². The smallest absolute Gasteiger partial charge is 0.227 e. The van der Waals surface area contributed by atoms with Gasteiger partial charge in [0.25, 0.3) is 0 Å². The van der Waals surface area contributed by atoms with Crippen LogP contribution in [0.2, 0.25) is 0 Å². The van der Waals surface area contributed by atoms with Crippen molar-refractivity contribution < 1.29 is 9.26 Å². The van der Waals surface area contributed by atoms with Crippen molar-refractivity contribution in [2.24, 2.45) is 0 Å². The van der Waals surface area contributed by atoms with Crippen LogP contribution in [-0.4, -0.2) is 98.0 Å². The monoisotopic (exact) mass is 541 g/mol. The number of benzene rings is 2. The van der Waals surface area contributed by atoms with E-state index >= 15 is 0 Å². The van der Waals surface area contributed by atoms with Gasteiger partial charge >= 0.3 is 0 Å². The standard InChI is InChI=1S/C31H39N7O2/c1-22-29(23(2)40-34-22)25-10-11-27-26(20-25)30(38-18-19-39-21-28(38)24-8-6-5-7-9-24)33-31(32-27)37-16-14-36(15-17-37)13-12-35(3)4/h5-11,20,28H,12-19,21H2,1-4H3/t28-/m0/s1. The Balaban J connectivity index is 1.41. The number of fused-ring (bicyclic) bond motifs is 1. The fourth-order valence-electron chi connectivity index (χ4n) is 5.83. The van der Waals surface area contributed by atoms with Crippen LogP contribution in [-0.2, 0) is 4.74 Å². The van der Waals surface area contributed by atoms with E-state index in [1.54, 1.807) is 0 Å². The zero-order chi connectivity index (χ0) is 27.6. The van der Waals surface area contributed by atoms with Gasteiger partial charge in [-0.1, -0.05) is 41.6 Å². The Morgan fingerprint density at radius 1 is 0.950 bits per heavy atom.